The Morgan fingerprint density at radius 3 is 2.76 bits per heavy atom. The van der Waals surface area contributed by atoms with E-state index in [-0.39, 0.29) is 18.3 Å². The minimum atomic E-state index is -0.0551. The Morgan fingerprint density at radius 1 is 1.24 bits per heavy atom. The lowest BCUT2D eigenvalue weighted by molar-refractivity contribution is 0.283. The normalized spacial score (nSPS) is 23.0. The van der Waals surface area contributed by atoms with E-state index in [1.807, 2.05) is 12.1 Å². The van der Waals surface area contributed by atoms with Crippen LogP contribution in [0.4, 0.5) is 0 Å². The number of nitrogens with one attached hydrogen (secondary N) is 1. The Labute approximate surface area is 149 Å². The third kappa shape index (κ3) is 2.66. The number of benzene rings is 2. The van der Waals surface area contributed by atoms with Gasteiger partial charge in [0, 0.05) is 21.9 Å². The highest BCUT2D eigenvalue weighted by Crippen LogP contribution is 2.55. The summed E-state index contributed by atoms with van der Waals surface area (Å²) >= 11 is 0. The van der Waals surface area contributed by atoms with Crippen molar-refractivity contribution in [1.82, 2.24) is 4.98 Å². The zero-order valence-electron chi connectivity index (χ0n) is 15.5. The van der Waals surface area contributed by atoms with Gasteiger partial charge in [0.25, 0.3) is 0 Å². The Bertz CT molecular complexity index is 940. The molecule has 1 aliphatic rings. The number of aliphatic hydroxyl groups is 1. The van der Waals surface area contributed by atoms with Gasteiger partial charge in [-0.05, 0) is 49.8 Å². The molecule has 0 saturated carbocycles. The molecule has 2 unspecified atom stereocenters. The predicted molar refractivity (Wildman–Crippen MR) is 103 cm³/mol. The van der Waals surface area contributed by atoms with Crippen molar-refractivity contribution >= 4 is 21.8 Å². The second kappa shape index (κ2) is 5.86. The molecule has 0 aliphatic carbocycles. The van der Waals surface area contributed by atoms with Crippen molar-refractivity contribution < 1.29 is 9.84 Å². The second-order valence-corrected chi connectivity index (χ2v) is 8.08. The fraction of sp³-hybridized carbons (Fsp3) is 0.455. The summed E-state index contributed by atoms with van der Waals surface area (Å²) in [6.07, 6.45) is 2.43. The van der Waals surface area contributed by atoms with Gasteiger partial charge in [-0.3, -0.25) is 0 Å². The molecule has 4 rings (SSSR count). The van der Waals surface area contributed by atoms with E-state index in [4.69, 9.17) is 4.74 Å². The van der Waals surface area contributed by atoms with Crippen LogP contribution in [0.25, 0.3) is 21.8 Å². The molecule has 2 heterocycles. The molecule has 132 valence electrons. The van der Waals surface area contributed by atoms with Crippen molar-refractivity contribution in [2.45, 2.75) is 58.8 Å². The van der Waals surface area contributed by atoms with Gasteiger partial charge in [0.1, 0.15) is 6.10 Å². The summed E-state index contributed by atoms with van der Waals surface area (Å²) in [4.78, 5) is 3.60. The molecular formula is C22H27NO2. The molecule has 1 aliphatic heterocycles. The first-order chi connectivity index (χ1) is 11.9. The van der Waals surface area contributed by atoms with Gasteiger partial charge in [-0.1, -0.05) is 38.1 Å². The third-order valence-electron chi connectivity index (χ3n) is 5.68. The summed E-state index contributed by atoms with van der Waals surface area (Å²) in [5.41, 5.74) is 5.71. The monoisotopic (exact) mass is 337 g/mol. The van der Waals surface area contributed by atoms with Crippen molar-refractivity contribution in [3.63, 3.8) is 0 Å². The van der Waals surface area contributed by atoms with E-state index >= 15 is 0 Å². The molecule has 1 aromatic heterocycles. The molecule has 3 heteroatoms. The van der Waals surface area contributed by atoms with Crippen LogP contribution in [0.5, 0.6) is 0 Å². The number of fused-ring (bicyclic) bond motifs is 3. The van der Waals surface area contributed by atoms with Crippen LogP contribution in [0, 0.1) is 12.8 Å². The Balaban J connectivity index is 1.84. The highest BCUT2D eigenvalue weighted by molar-refractivity contribution is 6.10. The molecule has 0 bridgehead atoms. The number of epoxide rings is 1. The maximum atomic E-state index is 9.73. The maximum Gasteiger partial charge on any atom is 0.114 e. The van der Waals surface area contributed by atoms with Crippen LogP contribution in [0.3, 0.4) is 0 Å². The van der Waals surface area contributed by atoms with Gasteiger partial charge in [-0.15, -0.1) is 0 Å². The van der Waals surface area contributed by atoms with Gasteiger partial charge < -0.3 is 14.8 Å². The average Bonchev–Trinajstić information content (AvgIpc) is 3.09. The maximum absolute atomic E-state index is 9.73. The van der Waals surface area contributed by atoms with Gasteiger partial charge in [0.05, 0.1) is 17.7 Å². The molecule has 1 saturated heterocycles. The molecule has 2 atom stereocenters. The standard InChI is InChI=1S/C22H27NO2/c1-13(2)10-11-22(4)21(25-22)18-14(3)8-9-16-19-15(12-24)6-5-7-17(19)23-20(16)18/h5-9,13,21,23-24H,10-12H2,1-4H3. The second-order valence-electron chi connectivity index (χ2n) is 8.08. The molecule has 2 aromatic carbocycles. The summed E-state index contributed by atoms with van der Waals surface area (Å²) in [7, 11) is 0. The summed E-state index contributed by atoms with van der Waals surface area (Å²) in [5.74, 6) is 0.693. The number of aromatic nitrogens is 1. The summed E-state index contributed by atoms with van der Waals surface area (Å²) in [5, 5.41) is 12.0. The highest BCUT2D eigenvalue weighted by Gasteiger charge is 2.53. The van der Waals surface area contributed by atoms with Gasteiger partial charge in [-0.25, -0.2) is 0 Å². The molecule has 2 N–H and O–H groups in total. The quantitative estimate of drug-likeness (QED) is 0.613. The van der Waals surface area contributed by atoms with Crippen LogP contribution >= 0.6 is 0 Å². The Kier molecular flexibility index (Phi) is 3.89. The van der Waals surface area contributed by atoms with Crippen LogP contribution in [-0.2, 0) is 11.3 Å². The van der Waals surface area contributed by atoms with E-state index in [2.05, 4.69) is 50.9 Å². The zero-order valence-corrected chi connectivity index (χ0v) is 15.5. The van der Waals surface area contributed by atoms with Crippen LogP contribution in [0.1, 0.15) is 56.4 Å². The van der Waals surface area contributed by atoms with E-state index in [1.54, 1.807) is 0 Å². The first-order valence-corrected chi connectivity index (χ1v) is 9.26. The smallest absolute Gasteiger partial charge is 0.114 e. The van der Waals surface area contributed by atoms with Crippen LogP contribution in [-0.4, -0.2) is 15.7 Å². The lowest BCUT2D eigenvalue weighted by Gasteiger charge is -2.11. The number of aliphatic hydroxyl groups excluding tert-OH is 1. The van der Waals surface area contributed by atoms with Gasteiger partial charge in [0.15, 0.2) is 0 Å². The van der Waals surface area contributed by atoms with E-state index in [9.17, 15) is 5.11 Å². The number of H-pyrrole nitrogens is 1. The van der Waals surface area contributed by atoms with Crippen molar-refractivity contribution in [3.05, 3.63) is 47.0 Å². The highest BCUT2D eigenvalue weighted by atomic mass is 16.6. The molecular weight excluding hydrogens is 310 g/mol. The minimum Gasteiger partial charge on any atom is -0.392 e. The lowest BCUT2D eigenvalue weighted by atomic mass is 9.90. The number of aryl methyl sites for hydroxylation is 1. The number of aromatic amines is 1. The van der Waals surface area contributed by atoms with Crippen molar-refractivity contribution in [3.8, 4) is 0 Å². The van der Waals surface area contributed by atoms with E-state index in [1.165, 1.54) is 22.9 Å². The van der Waals surface area contributed by atoms with Crippen LogP contribution < -0.4 is 0 Å². The molecule has 0 spiro atoms. The zero-order chi connectivity index (χ0) is 17.8. The molecule has 3 aromatic rings. The van der Waals surface area contributed by atoms with Crippen LogP contribution in [0.2, 0.25) is 0 Å². The summed E-state index contributed by atoms with van der Waals surface area (Å²) < 4.78 is 6.21. The topological polar surface area (TPSA) is 48.5 Å². The van der Waals surface area contributed by atoms with Gasteiger partial charge in [-0.2, -0.15) is 0 Å². The van der Waals surface area contributed by atoms with Crippen molar-refractivity contribution in [2.24, 2.45) is 5.92 Å². The Hall–Kier alpha value is -1.84. The molecule has 3 nitrogen and oxygen atoms in total. The van der Waals surface area contributed by atoms with Crippen molar-refractivity contribution in [1.29, 1.82) is 0 Å². The summed E-state index contributed by atoms with van der Waals surface area (Å²) in [6, 6.07) is 10.4. The van der Waals surface area contributed by atoms with Crippen LogP contribution in [0.15, 0.2) is 30.3 Å². The molecule has 0 amide bonds. The third-order valence-corrected chi connectivity index (χ3v) is 5.68. The summed E-state index contributed by atoms with van der Waals surface area (Å²) in [6.45, 7) is 8.99. The number of hydrogen-bond donors (Lipinski definition) is 2. The molecule has 0 radical (unpaired) electrons. The van der Waals surface area contributed by atoms with E-state index in [0.29, 0.717) is 5.92 Å². The Morgan fingerprint density at radius 2 is 2.04 bits per heavy atom. The lowest BCUT2D eigenvalue weighted by Crippen LogP contribution is -2.08. The fourth-order valence-electron chi connectivity index (χ4n) is 4.06. The van der Waals surface area contributed by atoms with E-state index < -0.39 is 0 Å². The largest absolute Gasteiger partial charge is 0.392 e. The SMILES string of the molecule is Cc1ccc2c([nH]c3cccc(CO)c32)c1C1OC1(C)CCC(C)C. The first-order valence-electron chi connectivity index (χ1n) is 9.26. The number of rotatable bonds is 5. The fourth-order valence-corrected chi connectivity index (χ4v) is 4.06. The molecule has 1 fully saturated rings. The number of hydrogen-bond acceptors (Lipinski definition) is 2. The average molecular weight is 337 g/mol. The van der Waals surface area contributed by atoms with Gasteiger partial charge >= 0.3 is 0 Å². The predicted octanol–water partition coefficient (Wildman–Crippen LogP) is 5.39. The van der Waals surface area contributed by atoms with E-state index in [0.717, 1.165) is 28.4 Å². The molecule has 25 heavy (non-hydrogen) atoms. The number of ether oxygens (including phenoxy) is 1. The van der Waals surface area contributed by atoms with Crippen molar-refractivity contribution in [2.75, 3.05) is 0 Å². The minimum absolute atomic E-state index is 0.0551. The van der Waals surface area contributed by atoms with Gasteiger partial charge in [0.2, 0.25) is 0 Å². The first kappa shape index (κ1) is 16.6.